The molecular formula is C13H11BrF3NO. The number of halogens is 4. The number of benzene rings is 1. The molecule has 1 N–H and O–H groups in total. The lowest BCUT2D eigenvalue weighted by Gasteiger charge is -2.12. The number of aryl methyl sites for hydroxylation is 1. The second-order valence-electron chi connectivity index (χ2n) is 4.07. The van der Waals surface area contributed by atoms with Gasteiger partial charge in [-0.05, 0) is 36.8 Å². The molecule has 0 saturated carbocycles. The van der Waals surface area contributed by atoms with Gasteiger partial charge in [0.15, 0.2) is 0 Å². The van der Waals surface area contributed by atoms with Crippen molar-refractivity contribution >= 4 is 21.6 Å². The molecule has 0 fully saturated rings. The molecule has 1 heterocycles. The molecule has 2 nitrogen and oxygen atoms in total. The van der Waals surface area contributed by atoms with E-state index in [1.54, 1.807) is 18.4 Å². The molecule has 0 saturated heterocycles. The maximum Gasteiger partial charge on any atom is 0.417 e. The number of hydrogen-bond donors (Lipinski definition) is 1. The first-order valence-corrected chi connectivity index (χ1v) is 6.31. The summed E-state index contributed by atoms with van der Waals surface area (Å²) in [7, 11) is 0. The van der Waals surface area contributed by atoms with Crippen molar-refractivity contribution in [3.8, 4) is 0 Å². The Morgan fingerprint density at radius 2 is 2.00 bits per heavy atom. The van der Waals surface area contributed by atoms with E-state index in [1.165, 1.54) is 6.07 Å². The van der Waals surface area contributed by atoms with E-state index in [1.807, 2.05) is 6.92 Å². The lowest BCUT2D eigenvalue weighted by molar-refractivity contribution is -0.138. The monoisotopic (exact) mass is 333 g/mol. The van der Waals surface area contributed by atoms with Crippen LogP contribution in [0.15, 0.2) is 39.4 Å². The van der Waals surface area contributed by atoms with Crippen molar-refractivity contribution in [1.29, 1.82) is 0 Å². The van der Waals surface area contributed by atoms with Crippen LogP contribution in [0.5, 0.6) is 0 Å². The zero-order chi connectivity index (χ0) is 14.0. The Balaban J connectivity index is 2.16. The first-order chi connectivity index (χ1) is 8.88. The van der Waals surface area contributed by atoms with Crippen molar-refractivity contribution in [3.63, 3.8) is 0 Å². The van der Waals surface area contributed by atoms with Gasteiger partial charge in [-0.3, -0.25) is 0 Å². The fourth-order valence-electron chi connectivity index (χ4n) is 1.62. The van der Waals surface area contributed by atoms with Gasteiger partial charge in [-0.1, -0.05) is 15.9 Å². The van der Waals surface area contributed by atoms with E-state index in [0.29, 0.717) is 18.0 Å². The zero-order valence-electron chi connectivity index (χ0n) is 10.0. The average Bonchev–Trinajstić information content (AvgIpc) is 2.72. The molecule has 0 amide bonds. The summed E-state index contributed by atoms with van der Waals surface area (Å²) in [6, 6.07) is 5.83. The third kappa shape index (κ3) is 3.32. The van der Waals surface area contributed by atoms with Crippen LogP contribution in [0.3, 0.4) is 0 Å². The lowest BCUT2D eigenvalue weighted by Crippen LogP contribution is -2.07. The van der Waals surface area contributed by atoms with Crippen LogP contribution in [0, 0.1) is 6.92 Å². The second-order valence-corrected chi connectivity index (χ2v) is 4.93. The number of rotatable bonds is 3. The Kier molecular flexibility index (Phi) is 3.89. The normalized spacial score (nSPS) is 11.6. The van der Waals surface area contributed by atoms with E-state index in [0.717, 1.165) is 11.6 Å². The van der Waals surface area contributed by atoms with E-state index >= 15 is 0 Å². The number of furan rings is 1. The standard InChI is InChI=1S/C13H11BrF3NO/c1-8-4-5-19-12(8)7-18-9-2-3-11(14)10(6-9)13(15,16)17/h2-6,18H,7H2,1H3. The van der Waals surface area contributed by atoms with E-state index in [9.17, 15) is 13.2 Å². The average molecular weight is 334 g/mol. The van der Waals surface area contributed by atoms with Crippen molar-refractivity contribution in [2.45, 2.75) is 19.6 Å². The summed E-state index contributed by atoms with van der Waals surface area (Å²) < 4.78 is 43.4. The van der Waals surface area contributed by atoms with Crippen LogP contribution in [-0.4, -0.2) is 0 Å². The fourth-order valence-corrected chi connectivity index (χ4v) is 2.09. The van der Waals surface area contributed by atoms with Crippen molar-refractivity contribution in [2.24, 2.45) is 0 Å². The molecule has 0 aliphatic rings. The smallest absolute Gasteiger partial charge is 0.417 e. The minimum atomic E-state index is -4.38. The van der Waals surface area contributed by atoms with E-state index in [2.05, 4.69) is 21.2 Å². The first kappa shape index (κ1) is 14.0. The van der Waals surface area contributed by atoms with E-state index in [4.69, 9.17) is 4.42 Å². The predicted octanol–water partition coefficient (Wildman–Crippen LogP) is 4.98. The molecule has 0 radical (unpaired) electrons. The number of anilines is 1. The van der Waals surface area contributed by atoms with Crippen LogP contribution in [0.1, 0.15) is 16.9 Å². The summed E-state index contributed by atoms with van der Waals surface area (Å²) in [5.41, 5.74) is 0.653. The Bertz CT molecular complexity index is 578. The quantitative estimate of drug-likeness (QED) is 0.856. The largest absolute Gasteiger partial charge is 0.467 e. The second kappa shape index (κ2) is 5.28. The van der Waals surface area contributed by atoms with Crippen molar-refractivity contribution in [2.75, 3.05) is 5.32 Å². The maximum atomic E-state index is 12.7. The third-order valence-corrected chi connectivity index (χ3v) is 3.38. The number of alkyl halides is 3. The molecule has 102 valence electrons. The number of hydrogen-bond acceptors (Lipinski definition) is 2. The van der Waals surface area contributed by atoms with Crippen LogP contribution in [0.4, 0.5) is 18.9 Å². The summed E-state index contributed by atoms with van der Waals surface area (Å²) in [4.78, 5) is 0. The van der Waals surface area contributed by atoms with Gasteiger partial charge < -0.3 is 9.73 Å². The van der Waals surface area contributed by atoms with Crippen LogP contribution in [-0.2, 0) is 12.7 Å². The van der Waals surface area contributed by atoms with Crippen LogP contribution >= 0.6 is 15.9 Å². The molecule has 1 aromatic carbocycles. The molecule has 0 bridgehead atoms. The fraction of sp³-hybridized carbons (Fsp3) is 0.231. The first-order valence-electron chi connectivity index (χ1n) is 5.51. The molecule has 2 rings (SSSR count). The topological polar surface area (TPSA) is 25.2 Å². The molecule has 6 heteroatoms. The highest BCUT2D eigenvalue weighted by Crippen LogP contribution is 2.36. The highest BCUT2D eigenvalue weighted by atomic mass is 79.9. The van der Waals surface area contributed by atoms with Crippen LogP contribution < -0.4 is 5.32 Å². The van der Waals surface area contributed by atoms with Crippen molar-refractivity contribution in [3.05, 3.63) is 51.9 Å². The summed E-state index contributed by atoms with van der Waals surface area (Å²) in [6.45, 7) is 2.22. The van der Waals surface area contributed by atoms with Gasteiger partial charge in [0.2, 0.25) is 0 Å². The van der Waals surface area contributed by atoms with Crippen molar-refractivity contribution < 1.29 is 17.6 Å². The third-order valence-electron chi connectivity index (χ3n) is 2.69. The predicted molar refractivity (Wildman–Crippen MR) is 69.9 cm³/mol. The molecule has 1 aromatic heterocycles. The Morgan fingerprint density at radius 3 is 2.58 bits per heavy atom. The summed E-state index contributed by atoms with van der Waals surface area (Å²) in [5.74, 6) is 0.705. The molecule has 0 atom stereocenters. The molecule has 0 unspecified atom stereocenters. The minimum absolute atomic E-state index is 0.0275. The van der Waals surface area contributed by atoms with Crippen molar-refractivity contribution in [1.82, 2.24) is 0 Å². The van der Waals surface area contributed by atoms with Gasteiger partial charge >= 0.3 is 6.18 Å². The molecule has 0 aliphatic carbocycles. The van der Waals surface area contributed by atoms with Gasteiger partial charge in [-0.25, -0.2) is 0 Å². The Morgan fingerprint density at radius 1 is 1.26 bits per heavy atom. The van der Waals surface area contributed by atoms with Crippen LogP contribution in [0.2, 0.25) is 0 Å². The zero-order valence-corrected chi connectivity index (χ0v) is 11.6. The number of nitrogens with one attached hydrogen (secondary N) is 1. The minimum Gasteiger partial charge on any atom is -0.467 e. The van der Waals surface area contributed by atoms with Gasteiger partial charge in [0, 0.05) is 10.2 Å². The van der Waals surface area contributed by atoms with Gasteiger partial charge in [0.1, 0.15) is 5.76 Å². The summed E-state index contributed by atoms with van der Waals surface area (Å²) in [6.07, 6.45) is -2.83. The van der Waals surface area contributed by atoms with E-state index < -0.39 is 11.7 Å². The van der Waals surface area contributed by atoms with Gasteiger partial charge in [0.05, 0.1) is 18.4 Å². The lowest BCUT2D eigenvalue weighted by atomic mass is 10.2. The van der Waals surface area contributed by atoms with Gasteiger partial charge in [-0.2, -0.15) is 13.2 Å². The molecule has 0 spiro atoms. The van der Waals surface area contributed by atoms with Gasteiger partial charge in [0.25, 0.3) is 0 Å². The SMILES string of the molecule is Cc1ccoc1CNc1ccc(Br)c(C(F)(F)F)c1. The highest BCUT2D eigenvalue weighted by molar-refractivity contribution is 9.10. The van der Waals surface area contributed by atoms with E-state index in [-0.39, 0.29) is 4.47 Å². The molecule has 2 aromatic rings. The van der Waals surface area contributed by atoms with Crippen LogP contribution in [0.25, 0.3) is 0 Å². The summed E-state index contributed by atoms with van der Waals surface area (Å²) >= 11 is 2.90. The molecule has 0 aliphatic heterocycles. The molecule has 19 heavy (non-hydrogen) atoms. The molecular weight excluding hydrogens is 323 g/mol. The summed E-state index contributed by atoms with van der Waals surface area (Å²) in [5, 5.41) is 2.91. The Hall–Kier alpha value is -1.43. The Labute approximate surface area is 116 Å². The highest BCUT2D eigenvalue weighted by Gasteiger charge is 2.33. The van der Waals surface area contributed by atoms with Gasteiger partial charge in [-0.15, -0.1) is 0 Å². The maximum absolute atomic E-state index is 12.7.